The molecule has 1 N–H and O–H groups in total. The number of benzene rings is 1. The van der Waals surface area contributed by atoms with Gasteiger partial charge < -0.3 is 10.2 Å². The van der Waals surface area contributed by atoms with Gasteiger partial charge in [-0.3, -0.25) is 4.79 Å². The van der Waals surface area contributed by atoms with E-state index in [1.165, 1.54) is 5.56 Å². The maximum absolute atomic E-state index is 11.4. The zero-order chi connectivity index (χ0) is 13.0. The molecule has 0 aliphatic carbocycles. The highest BCUT2D eigenvalue weighted by molar-refractivity contribution is 9.11. The monoisotopic (exact) mass is 362 g/mol. The van der Waals surface area contributed by atoms with Crippen molar-refractivity contribution >= 4 is 43.5 Å². The SMILES string of the molecule is Cc1cc(Br)c(NCCC(=O)N(C)C)c(Br)c1. The van der Waals surface area contributed by atoms with Crippen LogP contribution in [-0.4, -0.2) is 31.4 Å². The molecule has 5 heteroatoms. The second kappa shape index (κ2) is 6.40. The Bertz CT molecular complexity index is 396. The van der Waals surface area contributed by atoms with E-state index in [4.69, 9.17) is 0 Å². The lowest BCUT2D eigenvalue weighted by Crippen LogP contribution is -2.24. The van der Waals surface area contributed by atoms with Crippen molar-refractivity contribution in [2.24, 2.45) is 0 Å². The van der Waals surface area contributed by atoms with Gasteiger partial charge in [0.25, 0.3) is 0 Å². The Kier molecular flexibility index (Phi) is 5.46. The Hall–Kier alpha value is -0.550. The number of rotatable bonds is 4. The lowest BCUT2D eigenvalue weighted by molar-refractivity contribution is -0.128. The molecule has 0 bridgehead atoms. The molecule has 1 amide bonds. The number of aryl methyl sites for hydroxylation is 1. The summed E-state index contributed by atoms with van der Waals surface area (Å²) in [4.78, 5) is 13.0. The second-order valence-electron chi connectivity index (χ2n) is 4.07. The molecule has 3 nitrogen and oxygen atoms in total. The first-order valence-corrected chi connectivity index (χ1v) is 6.90. The van der Waals surface area contributed by atoms with E-state index in [1.807, 2.05) is 19.1 Å². The molecule has 0 aliphatic rings. The van der Waals surface area contributed by atoms with E-state index in [2.05, 4.69) is 37.2 Å². The van der Waals surface area contributed by atoms with E-state index in [0.717, 1.165) is 14.6 Å². The van der Waals surface area contributed by atoms with Gasteiger partial charge >= 0.3 is 0 Å². The van der Waals surface area contributed by atoms with Crippen LogP contribution in [0.15, 0.2) is 21.1 Å². The van der Waals surface area contributed by atoms with Gasteiger partial charge in [-0.25, -0.2) is 0 Å². The topological polar surface area (TPSA) is 32.3 Å². The fourth-order valence-electron chi connectivity index (χ4n) is 1.39. The van der Waals surface area contributed by atoms with Gasteiger partial charge in [-0.2, -0.15) is 0 Å². The van der Waals surface area contributed by atoms with Crippen LogP contribution in [0.3, 0.4) is 0 Å². The van der Waals surface area contributed by atoms with Crippen LogP contribution in [0, 0.1) is 6.92 Å². The van der Waals surface area contributed by atoms with Gasteiger partial charge in [0.1, 0.15) is 0 Å². The average molecular weight is 364 g/mol. The molecule has 0 saturated carbocycles. The molecule has 1 rings (SSSR count). The third-order valence-electron chi connectivity index (χ3n) is 2.33. The van der Waals surface area contributed by atoms with Crippen LogP contribution in [0.2, 0.25) is 0 Å². The first kappa shape index (κ1) is 14.5. The fraction of sp³-hybridized carbons (Fsp3) is 0.417. The Morgan fingerprint density at radius 2 is 1.82 bits per heavy atom. The summed E-state index contributed by atoms with van der Waals surface area (Å²) >= 11 is 7.01. The molecule has 0 saturated heterocycles. The Labute approximate surface area is 119 Å². The molecule has 0 radical (unpaired) electrons. The number of anilines is 1. The molecular weight excluding hydrogens is 348 g/mol. The lowest BCUT2D eigenvalue weighted by Gasteiger charge is -2.13. The molecule has 0 atom stereocenters. The van der Waals surface area contributed by atoms with Crippen LogP contribution in [0.1, 0.15) is 12.0 Å². The van der Waals surface area contributed by atoms with Crippen LogP contribution < -0.4 is 5.32 Å². The number of carbonyl (C=O) groups excluding carboxylic acids is 1. The quantitative estimate of drug-likeness (QED) is 0.888. The predicted molar refractivity (Wildman–Crippen MR) is 78.4 cm³/mol. The molecule has 94 valence electrons. The van der Waals surface area contributed by atoms with E-state index in [1.54, 1.807) is 19.0 Å². The number of nitrogens with one attached hydrogen (secondary N) is 1. The molecule has 0 spiro atoms. The summed E-state index contributed by atoms with van der Waals surface area (Å²) in [5.74, 6) is 0.122. The maximum atomic E-state index is 11.4. The van der Waals surface area contributed by atoms with Gasteiger partial charge in [-0.05, 0) is 56.5 Å². The first-order valence-electron chi connectivity index (χ1n) is 5.31. The highest BCUT2D eigenvalue weighted by Gasteiger charge is 2.07. The van der Waals surface area contributed by atoms with Crippen molar-refractivity contribution in [3.63, 3.8) is 0 Å². The van der Waals surface area contributed by atoms with Crippen molar-refractivity contribution < 1.29 is 4.79 Å². The normalized spacial score (nSPS) is 10.2. The number of amides is 1. The summed E-state index contributed by atoms with van der Waals surface area (Å²) in [5.41, 5.74) is 2.17. The predicted octanol–water partition coefficient (Wildman–Crippen LogP) is 3.41. The summed E-state index contributed by atoms with van der Waals surface area (Å²) in [7, 11) is 3.53. The smallest absolute Gasteiger partial charge is 0.223 e. The number of halogens is 2. The largest absolute Gasteiger partial charge is 0.383 e. The minimum Gasteiger partial charge on any atom is -0.383 e. The van der Waals surface area contributed by atoms with Gasteiger partial charge in [0, 0.05) is 36.0 Å². The van der Waals surface area contributed by atoms with Crippen LogP contribution in [0.25, 0.3) is 0 Å². The van der Waals surface area contributed by atoms with Crippen LogP contribution in [0.5, 0.6) is 0 Å². The van der Waals surface area contributed by atoms with Crippen molar-refractivity contribution in [3.8, 4) is 0 Å². The van der Waals surface area contributed by atoms with Gasteiger partial charge in [0.2, 0.25) is 5.91 Å². The molecule has 0 fully saturated rings. The standard InChI is InChI=1S/C12H16Br2N2O/c1-8-6-9(13)12(10(14)7-8)15-5-4-11(17)16(2)3/h6-7,15H,4-5H2,1-3H3. The maximum Gasteiger partial charge on any atom is 0.223 e. The van der Waals surface area contributed by atoms with Gasteiger partial charge in [0.15, 0.2) is 0 Å². The minimum absolute atomic E-state index is 0.122. The summed E-state index contributed by atoms with van der Waals surface area (Å²) in [6.45, 7) is 2.66. The number of hydrogen-bond acceptors (Lipinski definition) is 2. The molecule has 0 unspecified atom stereocenters. The molecule has 0 aliphatic heterocycles. The Balaban J connectivity index is 2.61. The van der Waals surface area contributed by atoms with Gasteiger partial charge in [-0.1, -0.05) is 0 Å². The molecule has 1 aromatic carbocycles. The van der Waals surface area contributed by atoms with Crippen LogP contribution >= 0.6 is 31.9 Å². The van der Waals surface area contributed by atoms with Crippen LogP contribution in [0.4, 0.5) is 5.69 Å². The highest BCUT2D eigenvalue weighted by Crippen LogP contribution is 2.32. The third kappa shape index (κ3) is 4.32. The van der Waals surface area contributed by atoms with E-state index in [0.29, 0.717) is 13.0 Å². The van der Waals surface area contributed by atoms with Crippen molar-refractivity contribution in [1.29, 1.82) is 0 Å². The van der Waals surface area contributed by atoms with Crippen molar-refractivity contribution in [2.45, 2.75) is 13.3 Å². The fourth-order valence-corrected chi connectivity index (χ4v) is 3.08. The van der Waals surface area contributed by atoms with E-state index >= 15 is 0 Å². The van der Waals surface area contributed by atoms with Gasteiger partial charge in [-0.15, -0.1) is 0 Å². The molecular formula is C12H16Br2N2O. The zero-order valence-corrected chi connectivity index (χ0v) is 13.4. The van der Waals surface area contributed by atoms with Crippen LogP contribution in [-0.2, 0) is 4.79 Å². The second-order valence-corrected chi connectivity index (χ2v) is 5.78. The first-order chi connectivity index (χ1) is 7.91. The summed E-state index contributed by atoms with van der Waals surface area (Å²) in [6.07, 6.45) is 0.486. The van der Waals surface area contributed by atoms with Crippen molar-refractivity contribution in [2.75, 3.05) is 26.0 Å². The highest BCUT2D eigenvalue weighted by atomic mass is 79.9. The van der Waals surface area contributed by atoms with Crippen molar-refractivity contribution in [3.05, 3.63) is 26.6 Å². The Morgan fingerprint density at radius 3 is 2.29 bits per heavy atom. The molecule has 0 heterocycles. The summed E-state index contributed by atoms with van der Waals surface area (Å²) < 4.78 is 2.00. The third-order valence-corrected chi connectivity index (χ3v) is 3.58. The number of carbonyl (C=O) groups is 1. The van der Waals surface area contributed by atoms with Gasteiger partial charge in [0.05, 0.1) is 5.69 Å². The Morgan fingerprint density at radius 1 is 1.29 bits per heavy atom. The zero-order valence-electron chi connectivity index (χ0n) is 10.2. The summed E-state index contributed by atoms with van der Waals surface area (Å²) in [6, 6.07) is 4.09. The van der Waals surface area contributed by atoms with Crippen molar-refractivity contribution in [1.82, 2.24) is 4.90 Å². The molecule has 17 heavy (non-hydrogen) atoms. The average Bonchev–Trinajstić information content (AvgIpc) is 2.21. The number of hydrogen-bond donors (Lipinski definition) is 1. The van der Waals surface area contributed by atoms with E-state index in [9.17, 15) is 4.79 Å². The molecule has 0 aromatic heterocycles. The lowest BCUT2D eigenvalue weighted by atomic mass is 10.2. The summed E-state index contributed by atoms with van der Waals surface area (Å²) in [5, 5.41) is 3.25. The van der Waals surface area contributed by atoms with E-state index < -0.39 is 0 Å². The van der Waals surface area contributed by atoms with E-state index in [-0.39, 0.29) is 5.91 Å². The molecule has 1 aromatic rings. The minimum atomic E-state index is 0.122. The number of nitrogens with zero attached hydrogens (tertiary/aromatic N) is 1.